The van der Waals surface area contributed by atoms with Crippen molar-refractivity contribution in [2.45, 2.75) is 25.4 Å². The van der Waals surface area contributed by atoms with E-state index in [4.69, 9.17) is 0 Å². The van der Waals surface area contributed by atoms with Crippen LogP contribution in [0.4, 0.5) is 5.69 Å². The molecule has 0 bridgehead atoms. The molecule has 1 heterocycles. The standard InChI is InChI=1S/C31H27N3O3/c35-31(32-20-23-10-4-1-5-11-23)19-27(25-14-8-3-9-15-25)29-22-33(21-24-12-6-2-7-13-24)30-17-16-26(34(36)37)18-28(29)30/h1-18,22,27H,19-21H2,(H,32,35). The number of carbonyl (C=O) groups is 1. The van der Waals surface area contributed by atoms with E-state index in [-0.39, 0.29) is 28.9 Å². The number of nitro groups is 1. The normalized spacial score (nSPS) is 11.8. The van der Waals surface area contributed by atoms with Crippen LogP contribution in [-0.2, 0) is 17.9 Å². The Kier molecular flexibility index (Phi) is 7.08. The Morgan fingerprint density at radius 2 is 1.46 bits per heavy atom. The average molecular weight is 490 g/mol. The fourth-order valence-corrected chi connectivity index (χ4v) is 4.76. The quantitative estimate of drug-likeness (QED) is 0.191. The van der Waals surface area contributed by atoms with Crippen LogP contribution in [0, 0.1) is 10.1 Å². The molecule has 0 fully saturated rings. The van der Waals surface area contributed by atoms with Crippen LogP contribution in [0.2, 0.25) is 0 Å². The lowest BCUT2D eigenvalue weighted by Gasteiger charge is -2.17. The number of hydrogen-bond donors (Lipinski definition) is 1. The summed E-state index contributed by atoms with van der Waals surface area (Å²) in [6.45, 7) is 1.07. The van der Waals surface area contributed by atoms with Crippen molar-refractivity contribution in [3.8, 4) is 0 Å². The van der Waals surface area contributed by atoms with E-state index in [0.29, 0.717) is 13.1 Å². The molecule has 0 radical (unpaired) electrons. The summed E-state index contributed by atoms with van der Waals surface area (Å²) in [6.07, 6.45) is 2.27. The maximum Gasteiger partial charge on any atom is 0.270 e. The monoisotopic (exact) mass is 489 g/mol. The molecule has 1 amide bonds. The highest BCUT2D eigenvalue weighted by atomic mass is 16.6. The lowest BCUT2D eigenvalue weighted by atomic mass is 9.88. The van der Waals surface area contributed by atoms with Crippen molar-refractivity contribution < 1.29 is 9.72 Å². The van der Waals surface area contributed by atoms with Gasteiger partial charge in [0.25, 0.3) is 5.69 Å². The minimum atomic E-state index is -0.373. The first-order chi connectivity index (χ1) is 18.1. The fourth-order valence-electron chi connectivity index (χ4n) is 4.76. The molecule has 1 atom stereocenters. The average Bonchev–Trinajstić information content (AvgIpc) is 3.29. The van der Waals surface area contributed by atoms with E-state index in [1.807, 2.05) is 85.1 Å². The Balaban J connectivity index is 1.54. The van der Waals surface area contributed by atoms with Gasteiger partial charge in [-0.05, 0) is 28.3 Å². The van der Waals surface area contributed by atoms with E-state index in [1.165, 1.54) is 6.07 Å². The van der Waals surface area contributed by atoms with Crippen LogP contribution >= 0.6 is 0 Å². The minimum Gasteiger partial charge on any atom is -0.352 e. The number of carbonyl (C=O) groups excluding carboxylic acids is 1. The molecule has 0 saturated carbocycles. The van der Waals surface area contributed by atoms with Crippen LogP contribution in [0.25, 0.3) is 10.9 Å². The summed E-state index contributed by atoms with van der Waals surface area (Å²) in [7, 11) is 0. The first-order valence-electron chi connectivity index (χ1n) is 12.2. The zero-order valence-electron chi connectivity index (χ0n) is 20.3. The SMILES string of the molecule is O=C(CC(c1ccccc1)c1cn(Cc2ccccc2)c2ccc([N+](=O)[O-])cc12)NCc1ccccc1. The van der Waals surface area contributed by atoms with Crippen molar-refractivity contribution in [3.63, 3.8) is 0 Å². The summed E-state index contributed by atoms with van der Waals surface area (Å²) in [4.78, 5) is 24.4. The number of amides is 1. The first kappa shape index (κ1) is 24.0. The molecule has 1 unspecified atom stereocenters. The van der Waals surface area contributed by atoms with Gasteiger partial charge in [-0.2, -0.15) is 0 Å². The van der Waals surface area contributed by atoms with Crippen LogP contribution in [0.15, 0.2) is 115 Å². The van der Waals surface area contributed by atoms with Gasteiger partial charge in [-0.25, -0.2) is 0 Å². The molecule has 1 aromatic heterocycles. The number of hydrogen-bond acceptors (Lipinski definition) is 3. The predicted octanol–water partition coefficient (Wildman–Crippen LogP) is 6.44. The molecule has 0 aliphatic heterocycles. The van der Waals surface area contributed by atoms with E-state index in [0.717, 1.165) is 33.2 Å². The van der Waals surface area contributed by atoms with Crippen LogP contribution in [0.1, 0.15) is 34.6 Å². The summed E-state index contributed by atoms with van der Waals surface area (Å²) in [6, 6.07) is 34.7. The van der Waals surface area contributed by atoms with E-state index >= 15 is 0 Å². The number of rotatable bonds is 9. The topological polar surface area (TPSA) is 77.2 Å². The Morgan fingerprint density at radius 1 is 0.838 bits per heavy atom. The first-order valence-corrected chi connectivity index (χ1v) is 12.2. The van der Waals surface area contributed by atoms with Gasteiger partial charge >= 0.3 is 0 Å². The van der Waals surface area contributed by atoms with E-state index in [1.54, 1.807) is 12.1 Å². The summed E-state index contributed by atoms with van der Waals surface area (Å²) < 4.78 is 2.11. The number of aromatic nitrogens is 1. The fraction of sp³-hybridized carbons (Fsp3) is 0.129. The molecule has 1 N–H and O–H groups in total. The van der Waals surface area contributed by atoms with Gasteiger partial charge in [0, 0.05) is 54.7 Å². The van der Waals surface area contributed by atoms with Gasteiger partial charge in [0.15, 0.2) is 0 Å². The lowest BCUT2D eigenvalue weighted by Crippen LogP contribution is -2.25. The van der Waals surface area contributed by atoms with Crippen molar-refractivity contribution >= 4 is 22.5 Å². The molecule has 6 heteroatoms. The third-order valence-electron chi connectivity index (χ3n) is 6.60. The summed E-state index contributed by atoms with van der Waals surface area (Å²) in [5.41, 5.74) is 4.98. The molecule has 0 aliphatic carbocycles. The second-order valence-corrected chi connectivity index (χ2v) is 9.09. The highest BCUT2D eigenvalue weighted by Gasteiger charge is 2.24. The van der Waals surface area contributed by atoms with Gasteiger partial charge in [0.2, 0.25) is 5.91 Å². The Morgan fingerprint density at radius 3 is 2.11 bits per heavy atom. The van der Waals surface area contributed by atoms with Gasteiger partial charge in [-0.15, -0.1) is 0 Å². The van der Waals surface area contributed by atoms with Gasteiger partial charge in [0.1, 0.15) is 0 Å². The summed E-state index contributed by atoms with van der Waals surface area (Å²) >= 11 is 0. The van der Waals surface area contributed by atoms with Crippen molar-refractivity contribution in [1.82, 2.24) is 9.88 Å². The number of nitrogens with zero attached hydrogens (tertiary/aromatic N) is 2. The molecule has 0 spiro atoms. The lowest BCUT2D eigenvalue weighted by molar-refractivity contribution is -0.384. The molecule has 37 heavy (non-hydrogen) atoms. The molecular formula is C31H27N3O3. The molecule has 5 aromatic rings. The highest BCUT2D eigenvalue weighted by Crippen LogP contribution is 2.36. The van der Waals surface area contributed by atoms with E-state index in [9.17, 15) is 14.9 Å². The number of benzene rings is 4. The Labute approximate surface area is 215 Å². The van der Waals surface area contributed by atoms with Crippen molar-refractivity contribution in [2.24, 2.45) is 0 Å². The Bertz CT molecular complexity index is 1510. The smallest absolute Gasteiger partial charge is 0.270 e. The maximum atomic E-state index is 13.2. The summed E-state index contributed by atoms with van der Waals surface area (Å²) in [5.74, 6) is -0.342. The number of nitrogens with one attached hydrogen (secondary N) is 1. The highest BCUT2D eigenvalue weighted by molar-refractivity contribution is 5.88. The van der Waals surface area contributed by atoms with Gasteiger partial charge in [-0.1, -0.05) is 91.0 Å². The van der Waals surface area contributed by atoms with E-state index in [2.05, 4.69) is 22.0 Å². The van der Waals surface area contributed by atoms with Crippen LogP contribution < -0.4 is 5.32 Å². The van der Waals surface area contributed by atoms with Gasteiger partial charge in [-0.3, -0.25) is 14.9 Å². The zero-order chi connectivity index (χ0) is 25.6. The molecule has 4 aromatic carbocycles. The maximum absolute atomic E-state index is 13.2. The predicted molar refractivity (Wildman–Crippen MR) is 145 cm³/mol. The molecular weight excluding hydrogens is 462 g/mol. The van der Waals surface area contributed by atoms with Gasteiger partial charge in [0.05, 0.1) is 4.92 Å². The third-order valence-corrected chi connectivity index (χ3v) is 6.60. The van der Waals surface area contributed by atoms with Crippen molar-refractivity contribution in [2.75, 3.05) is 0 Å². The second kappa shape index (κ2) is 10.9. The molecule has 5 rings (SSSR count). The number of fused-ring (bicyclic) bond motifs is 1. The Hall–Kier alpha value is -4.71. The third kappa shape index (κ3) is 5.59. The van der Waals surface area contributed by atoms with Crippen LogP contribution in [0.3, 0.4) is 0 Å². The minimum absolute atomic E-state index is 0.0338. The number of nitro benzene ring substituents is 1. The number of non-ortho nitro benzene ring substituents is 1. The second-order valence-electron chi connectivity index (χ2n) is 9.09. The van der Waals surface area contributed by atoms with Crippen LogP contribution in [0.5, 0.6) is 0 Å². The summed E-state index contributed by atoms with van der Waals surface area (Å²) in [5, 5.41) is 15.5. The largest absolute Gasteiger partial charge is 0.352 e. The molecule has 0 aliphatic rings. The van der Waals surface area contributed by atoms with Crippen LogP contribution in [-0.4, -0.2) is 15.4 Å². The zero-order valence-corrected chi connectivity index (χ0v) is 20.3. The molecule has 184 valence electrons. The van der Waals surface area contributed by atoms with Gasteiger partial charge < -0.3 is 9.88 Å². The van der Waals surface area contributed by atoms with E-state index < -0.39 is 0 Å². The van der Waals surface area contributed by atoms with Crippen molar-refractivity contribution in [1.29, 1.82) is 0 Å². The van der Waals surface area contributed by atoms with Crippen molar-refractivity contribution in [3.05, 3.63) is 148 Å². The molecule has 6 nitrogen and oxygen atoms in total. The molecule has 0 saturated heterocycles.